The molecule has 0 atom stereocenters. The maximum absolute atomic E-state index is 13.2. The number of benzene rings is 2. The Morgan fingerprint density at radius 2 is 1.81 bits per heavy atom. The van der Waals surface area contributed by atoms with Crippen LogP contribution in [0.25, 0.3) is 0 Å². The van der Waals surface area contributed by atoms with Gasteiger partial charge in [0, 0.05) is 10.0 Å². The van der Waals surface area contributed by atoms with Gasteiger partial charge in [-0.3, -0.25) is 4.79 Å². The molecule has 2 aromatic rings. The molecule has 0 radical (unpaired) electrons. The standard InChI is InChI=1S/C15H11Cl2FO3/c1-20-15-3-2-11(18)7-13(15)14(19)8-21-12-5-9(16)4-10(17)6-12/h2-7H,8H2,1H3. The van der Waals surface area contributed by atoms with Crippen LogP contribution in [0.5, 0.6) is 11.5 Å². The summed E-state index contributed by atoms with van der Waals surface area (Å²) in [7, 11) is 1.40. The first-order valence-electron chi connectivity index (χ1n) is 5.95. The van der Waals surface area contributed by atoms with Crippen LogP contribution in [0.2, 0.25) is 10.0 Å². The first-order valence-corrected chi connectivity index (χ1v) is 6.71. The van der Waals surface area contributed by atoms with Gasteiger partial charge in [-0.05, 0) is 36.4 Å². The third kappa shape index (κ3) is 4.09. The van der Waals surface area contributed by atoms with Crippen LogP contribution in [-0.4, -0.2) is 19.5 Å². The van der Waals surface area contributed by atoms with Gasteiger partial charge >= 0.3 is 0 Å². The van der Waals surface area contributed by atoms with Crippen molar-refractivity contribution >= 4 is 29.0 Å². The van der Waals surface area contributed by atoms with E-state index < -0.39 is 11.6 Å². The second kappa shape index (κ2) is 6.78. The van der Waals surface area contributed by atoms with E-state index in [9.17, 15) is 9.18 Å². The third-order valence-corrected chi connectivity index (χ3v) is 3.10. The summed E-state index contributed by atoms with van der Waals surface area (Å²) in [6.45, 7) is -0.281. The molecule has 110 valence electrons. The highest BCUT2D eigenvalue weighted by atomic mass is 35.5. The van der Waals surface area contributed by atoms with Crippen molar-refractivity contribution in [3.63, 3.8) is 0 Å². The topological polar surface area (TPSA) is 35.5 Å². The lowest BCUT2D eigenvalue weighted by Crippen LogP contribution is -2.13. The van der Waals surface area contributed by atoms with Crippen molar-refractivity contribution in [2.75, 3.05) is 13.7 Å². The summed E-state index contributed by atoms with van der Waals surface area (Å²) < 4.78 is 23.6. The molecular formula is C15H11Cl2FO3. The largest absolute Gasteiger partial charge is 0.496 e. The van der Waals surface area contributed by atoms with Gasteiger partial charge in [-0.25, -0.2) is 4.39 Å². The molecule has 0 aliphatic carbocycles. The van der Waals surface area contributed by atoms with Gasteiger partial charge in [0.1, 0.15) is 17.3 Å². The maximum atomic E-state index is 13.2. The number of carbonyl (C=O) groups excluding carboxylic acids is 1. The number of carbonyl (C=O) groups is 1. The minimum Gasteiger partial charge on any atom is -0.496 e. The number of ether oxygens (including phenoxy) is 2. The molecule has 21 heavy (non-hydrogen) atoms. The molecule has 0 aliphatic rings. The molecule has 6 heteroatoms. The summed E-state index contributed by atoms with van der Waals surface area (Å²) in [5.41, 5.74) is 0.116. The van der Waals surface area contributed by atoms with Crippen LogP contribution >= 0.6 is 23.2 Å². The first kappa shape index (κ1) is 15.6. The van der Waals surface area contributed by atoms with Gasteiger partial charge in [0.15, 0.2) is 6.61 Å². The molecule has 2 rings (SSSR count). The lowest BCUT2D eigenvalue weighted by molar-refractivity contribution is 0.0918. The Morgan fingerprint density at radius 3 is 2.43 bits per heavy atom. The first-order chi connectivity index (χ1) is 9.99. The van der Waals surface area contributed by atoms with Crippen LogP contribution < -0.4 is 9.47 Å². The summed E-state index contributed by atoms with van der Waals surface area (Å²) >= 11 is 11.7. The minimum absolute atomic E-state index is 0.116. The fraction of sp³-hybridized carbons (Fsp3) is 0.133. The molecular weight excluding hydrogens is 318 g/mol. The van der Waals surface area contributed by atoms with Crippen molar-refractivity contribution < 1.29 is 18.7 Å². The fourth-order valence-electron chi connectivity index (χ4n) is 1.74. The smallest absolute Gasteiger partial charge is 0.204 e. The Balaban J connectivity index is 2.13. The number of halogens is 3. The maximum Gasteiger partial charge on any atom is 0.204 e. The Bertz CT molecular complexity index is 654. The molecule has 0 unspecified atom stereocenters. The van der Waals surface area contributed by atoms with Gasteiger partial charge in [-0.2, -0.15) is 0 Å². The lowest BCUT2D eigenvalue weighted by atomic mass is 10.1. The van der Waals surface area contributed by atoms with E-state index in [2.05, 4.69) is 0 Å². The van der Waals surface area contributed by atoms with Crippen LogP contribution in [0.3, 0.4) is 0 Å². The Labute approximate surface area is 131 Å². The summed E-state index contributed by atoms with van der Waals surface area (Å²) in [6, 6.07) is 8.32. The van der Waals surface area contributed by atoms with Crippen molar-refractivity contribution in [2.45, 2.75) is 0 Å². The van der Waals surface area contributed by atoms with Gasteiger partial charge in [0.25, 0.3) is 0 Å². The molecule has 0 aromatic heterocycles. The zero-order valence-electron chi connectivity index (χ0n) is 11.0. The predicted octanol–water partition coefficient (Wildman–Crippen LogP) is 4.40. The van der Waals surface area contributed by atoms with E-state index in [0.29, 0.717) is 15.8 Å². The van der Waals surface area contributed by atoms with Crippen molar-refractivity contribution in [3.8, 4) is 11.5 Å². The quantitative estimate of drug-likeness (QED) is 0.763. The summed E-state index contributed by atoms with van der Waals surface area (Å²) in [4.78, 5) is 12.1. The second-order valence-electron chi connectivity index (χ2n) is 4.16. The number of ketones is 1. The lowest BCUT2D eigenvalue weighted by Gasteiger charge is -2.09. The van der Waals surface area contributed by atoms with E-state index in [1.165, 1.54) is 31.4 Å². The molecule has 0 spiro atoms. The fourth-order valence-corrected chi connectivity index (χ4v) is 2.24. The number of hydrogen-bond donors (Lipinski definition) is 0. The molecule has 0 aliphatic heterocycles. The zero-order valence-corrected chi connectivity index (χ0v) is 12.5. The monoisotopic (exact) mass is 328 g/mol. The third-order valence-electron chi connectivity index (χ3n) is 2.67. The van der Waals surface area contributed by atoms with Gasteiger partial charge in [0.2, 0.25) is 5.78 Å². The molecule has 0 saturated heterocycles. The average Bonchev–Trinajstić information content (AvgIpc) is 2.43. The van der Waals surface area contributed by atoms with Crippen molar-refractivity contribution in [1.82, 2.24) is 0 Å². The van der Waals surface area contributed by atoms with Crippen molar-refractivity contribution in [1.29, 1.82) is 0 Å². The molecule has 0 heterocycles. The van der Waals surface area contributed by atoms with Gasteiger partial charge < -0.3 is 9.47 Å². The molecule has 2 aromatic carbocycles. The van der Waals surface area contributed by atoms with E-state index in [-0.39, 0.29) is 17.9 Å². The molecule has 0 saturated carbocycles. The van der Waals surface area contributed by atoms with Crippen LogP contribution in [0.4, 0.5) is 4.39 Å². The van der Waals surface area contributed by atoms with Crippen molar-refractivity contribution in [3.05, 3.63) is 57.8 Å². The van der Waals surface area contributed by atoms with Crippen LogP contribution in [-0.2, 0) is 0 Å². The summed E-state index contributed by atoms with van der Waals surface area (Å²) in [5, 5.41) is 0.793. The summed E-state index contributed by atoms with van der Waals surface area (Å²) in [6.07, 6.45) is 0. The zero-order chi connectivity index (χ0) is 15.4. The van der Waals surface area contributed by atoms with Gasteiger partial charge in [-0.15, -0.1) is 0 Å². The Kier molecular flexibility index (Phi) is 5.04. The number of methoxy groups -OCH3 is 1. The predicted molar refractivity (Wildman–Crippen MR) is 79.2 cm³/mol. The molecule has 0 amide bonds. The van der Waals surface area contributed by atoms with E-state index in [0.717, 1.165) is 6.07 Å². The van der Waals surface area contributed by atoms with Gasteiger partial charge in [0.05, 0.1) is 12.7 Å². The van der Waals surface area contributed by atoms with Crippen LogP contribution in [0.1, 0.15) is 10.4 Å². The SMILES string of the molecule is COc1ccc(F)cc1C(=O)COc1cc(Cl)cc(Cl)c1. The van der Waals surface area contributed by atoms with E-state index in [1.54, 1.807) is 6.07 Å². The Hall–Kier alpha value is -1.78. The molecule has 0 fully saturated rings. The molecule has 0 bridgehead atoms. The highest BCUT2D eigenvalue weighted by Gasteiger charge is 2.14. The second-order valence-corrected chi connectivity index (χ2v) is 5.03. The highest BCUT2D eigenvalue weighted by Crippen LogP contribution is 2.25. The number of Topliss-reactive ketones (excluding diaryl/α,β-unsaturated/α-hetero) is 1. The molecule has 3 nitrogen and oxygen atoms in total. The number of rotatable bonds is 5. The highest BCUT2D eigenvalue weighted by molar-refractivity contribution is 6.34. The van der Waals surface area contributed by atoms with E-state index in [1.807, 2.05) is 0 Å². The van der Waals surface area contributed by atoms with Crippen LogP contribution in [0, 0.1) is 5.82 Å². The summed E-state index contributed by atoms with van der Waals surface area (Å²) in [5.74, 6) is -0.294. The molecule has 0 N–H and O–H groups in total. The van der Waals surface area contributed by atoms with E-state index in [4.69, 9.17) is 32.7 Å². The van der Waals surface area contributed by atoms with Gasteiger partial charge in [-0.1, -0.05) is 23.2 Å². The normalized spacial score (nSPS) is 10.3. The number of hydrogen-bond acceptors (Lipinski definition) is 3. The Morgan fingerprint density at radius 1 is 1.14 bits per heavy atom. The van der Waals surface area contributed by atoms with Crippen molar-refractivity contribution in [2.24, 2.45) is 0 Å². The van der Waals surface area contributed by atoms with E-state index >= 15 is 0 Å². The minimum atomic E-state index is -0.523. The van der Waals surface area contributed by atoms with Crippen LogP contribution in [0.15, 0.2) is 36.4 Å². The average molecular weight is 329 g/mol.